The second-order valence-corrected chi connectivity index (χ2v) is 10.4. The highest BCUT2D eigenvalue weighted by atomic mass is 79.9. The molecule has 0 unspecified atom stereocenters. The van der Waals surface area contributed by atoms with Gasteiger partial charge in [-0.2, -0.15) is 0 Å². The smallest absolute Gasteiger partial charge is 0.251 e. The van der Waals surface area contributed by atoms with Crippen LogP contribution in [0.5, 0.6) is 0 Å². The quantitative estimate of drug-likeness (QED) is 0.510. The van der Waals surface area contributed by atoms with Gasteiger partial charge in [-0.3, -0.25) is 29.0 Å². The lowest BCUT2D eigenvalue weighted by atomic mass is 10.1. The summed E-state index contributed by atoms with van der Waals surface area (Å²) < 4.78 is 1.60. The molecule has 3 fully saturated rings. The number of hydrogen-bond acceptors (Lipinski definition) is 6. The highest BCUT2D eigenvalue weighted by Crippen LogP contribution is 2.31. The summed E-state index contributed by atoms with van der Waals surface area (Å²) in [6.45, 7) is 2.19. The number of anilines is 2. The lowest BCUT2D eigenvalue weighted by molar-refractivity contribution is -0.126. The number of nitrogens with zero attached hydrogens (tertiary/aromatic N) is 4. The summed E-state index contributed by atoms with van der Waals surface area (Å²) in [5, 5.41) is 0. The molecule has 0 saturated carbocycles. The largest absolute Gasteiger partial charge is 0.289 e. The number of carbonyl (C=O) groups excluding carboxylic acids is 4. The van der Waals surface area contributed by atoms with Gasteiger partial charge in [0.05, 0.1) is 36.3 Å². The lowest BCUT2D eigenvalue weighted by Gasteiger charge is -2.38. The molecule has 10 heteroatoms. The third-order valence-electron chi connectivity index (χ3n) is 6.61. The van der Waals surface area contributed by atoms with Gasteiger partial charge >= 0.3 is 0 Å². The summed E-state index contributed by atoms with van der Waals surface area (Å²) in [5.74, 6) is -0.859. The number of hydrogen-bond donors (Lipinski definition) is 0. The van der Waals surface area contributed by atoms with Crippen molar-refractivity contribution in [2.24, 2.45) is 0 Å². The summed E-state index contributed by atoms with van der Waals surface area (Å²) >= 11 is 6.78. The van der Waals surface area contributed by atoms with Crippen molar-refractivity contribution in [2.75, 3.05) is 36.0 Å². The minimum atomic E-state index is -0.507. The number of halogens is 2. The molecule has 3 aliphatic heterocycles. The van der Waals surface area contributed by atoms with Gasteiger partial charge in [-0.05, 0) is 36.4 Å². The minimum absolute atomic E-state index is 0.142. The summed E-state index contributed by atoms with van der Waals surface area (Å²) in [4.78, 5) is 58.1. The molecule has 176 valence electrons. The lowest BCUT2D eigenvalue weighted by Crippen LogP contribution is -2.56. The Labute approximate surface area is 213 Å². The predicted molar refractivity (Wildman–Crippen MR) is 133 cm³/mol. The van der Waals surface area contributed by atoms with Crippen LogP contribution in [0.1, 0.15) is 12.8 Å². The van der Waals surface area contributed by atoms with E-state index in [0.29, 0.717) is 37.6 Å². The fraction of sp³-hybridized carbons (Fsp3) is 0.333. The molecule has 0 aliphatic carbocycles. The normalized spacial score (nSPS) is 24.5. The van der Waals surface area contributed by atoms with Crippen LogP contribution in [0.4, 0.5) is 11.4 Å². The van der Waals surface area contributed by atoms with E-state index in [1.54, 1.807) is 36.4 Å². The van der Waals surface area contributed by atoms with Crippen molar-refractivity contribution >= 4 is 66.9 Å². The molecule has 0 N–H and O–H groups in total. The molecular weight excluding hydrogens is 568 g/mol. The zero-order valence-corrected chi connectivity index (χ0v) is 21.4. The SMILES string of the molecule is O=C1C[C@@H](N2CCN([C@H]3CC(=O)N(c4cccc(Br)c4)C3=O)CC2)C(=O)N1c1cccc(Br)c1. The van der Waals surface area contributed by atoms with Crippen LogP contribution in [-0.4, -0.2) is 71.7 Å². The number of imide groups is 2. The molecule has 0 bridgehead atoms. The Kier molecular flexibility index (Phi) is 6.41. The molecule has 34 heavy (non-hydrogen) atoms. The van der Waals surface area contributed by atoms with E-state index in [4.69, 9.17) is 0 Å². The van der Waals surface area contributed by atoms with Crippen molar-refractivity contribution in [1.29, 1.82) is 0 Å². The van der Waals surface area contributed by atoms with E-state index in [1.807, 2.05) is 21.9 Å². The highest BCUT2D eigenvalue weighted by molar-refractivity contribution is 9.10. The molecule has 0 radical (unpaired) electrons. The predicted octanol–water partition coefficient (Wildman–Crippen LogP) is 2.79. The summed E-state index contributed by atoms with van der Waals surface area (Å²) in [7, 11) is 0. The van der Waals surface area contributed by atoms with Gasteiger partial charge in [-0.1, -0.05) is 44.0 Å². The molecule has 0 aromatic heterocycles. The number of amides is 4. The van der Waals surface area contributed by atoms with Gasteiger partial charge in [0.1, 0.15) is 0 Å². The maximum absolute atomic E-state index is 13.1. The molecule has 0 spiro atoms. The first-order valence-electron chi connectivity index (χ1n) is 11.1. The topological polar surface area (TPSA) is 81.2 Å². The first-order chi connectivity index (χ1) is 16.3. The van der Waals surface area contributed by atoms with E-state index in [9.17, 15) is 19.2 Å². The number of carbonyl (C=O) groups is 4. The van der Waals surface area contributed by atoms with Crippen molar-refractivity contribution in [1.82, 2.24) is 9.80 Å². The average molecular weight is 590 g/mol. The second kappa shape index (κ2) is 9.33. The van der Waals surface area contributed by atoms with Gasteiger partial charge in [0, 0.05) is 35.1 Å². The molecule has 8 nitrogen and oxygen atoms in total. The summed E-state index contributed by atoms with van der Waals surface area (Å²) in [5.41, 5.74) is 1.13. The second-order valence-electron chi connectivity index (χ2n) is 8.61. The first kappa shape index (κ1) is 23.3. The molecule has 4 amide bonds. The Morgan fingerprint density at radius 2 is 1.00 bits per heavy atom. The molecule has 2 aromatic carbocycles. The van der Waals surface area contributed by atoms with Crippen LogP contribution in [0.3, 0.4) is 0 Å². The van der Waals surface area contributed by atoms with Gasteiger partial charge in [0.25, 0.3) is 11.8 Å². The molecule has 3 saturated heterocycles. The third kappa shape index (κ3) is 4.24. The van der Waals surface area contributed by atoms with Gasteiger partial charge < -0.3 is 0 Å². The van der Waals surface area contributed by atoms with E-state index in [0.717, 1.165) is 8.95 Å². The molecule has 5 rings (SSSR count). The van der Waals surface area contributed by atoms with Crippen LogP contribution >= 0.6 is 31.9 Å². The van der Waals surface area contributed by atoms with Crippen LogP contribution < -0.4 is 9.80 Å². The van der Waals surface area contributed by atoms with E-state index in [1.165, 1.54) is 9.80 Å². The van der Waals surface area contributed by atoms with Crippen molar-refractivity contribution in [2.45, 2.75) is 24.9 Å². The van der Waals surface area contributed by atoms with Crippen LogP contribution in [0.25, 0.3) is 0 Å². The first-order valence-corrected chi connectivity index (χ1v) is 12.6. The molecule has 2 atom stereocenters. The Balaban J connectivity index is 1.24. The van der Waals surface area contributed by atoms with E-state index in [2.05, 4.69) is 31.9 Å². The molecule has 3 heterocycles. The van der Waals surface area contributed by atoms with Crippen LogP contribution in [0.2, 0.25) is 0 Å². The number of benzene rings is 2. The average Bonchev–Trinajstić information content (AvgIpc) is 3.28. The van der Waals surface area contributed by atoms with Crippen LogP contribution in [0, 0.1) is 0 Å². The fourth-order valence-corrected chi connectivity index (χ4v) is 5.71. The zero-order chi connectivity index (χ0) is 24.0. The zero-order valence-electron chi connectivity index (χ0n) is 18.2. The Bertz CT molecular complexity index is 1090. The van der Waals surface area contributed by atoms with Crippen molar-refractivity contribution in [3.63, 3.8) is 0 Å². The monoisotopic (exact) mass is 588 g/mol. The summed E-state index contributed by atoms with van der Waals surface area (Å²) in [6, 6.07) is 13.3. The maximum Gasteiger partial charge on any atom is 0.251 e. The van der Waals surface area contributed by atoms with Crippen molar-refractivity contribution < 1.29 is 19.2 Å². The number of piperazine rings is 1. The standard InChI is InChI=1S/C24H22Br2N4O4/c25-15-3-1-5-17(11-15)29-21(31)13-19(23(29)33)27-7-9-28(10-8-27)20-14-22(32)30(24(20)34)18-6-2-4-16(26)12-18/h1-6,11-12,19-20H,7-10,13-14H2/t19-,20+. The third-order valence-corrected chi connectivity index (χ3v) is 7.60. The van der Waals surface area contributed by atoms with Gasteiger partial charge in [0.2, 0.25) is 11.8 Å². The Morgan fingerprint density at radius 3 is 1.35 bits per heavy atom. The van der Waals surface area contributed by atoms with Gasteiger partial charge in [-0.25, -0.2) is 9.80 Å². The Hall–Kier alpha value is -2.40. The molecular formula is C24H22Br2N4O4. The molecule has 2 aromatic rings. The van der Waals surface area contributed by atoms with Crippen LogP contribution in [0.15, 0.2) is 57.5 Å². The van der Waals surface area contributed by atoms with Crippen molar-refractivity contribution in [3.8, 4) is 0 Å². The fourth-order valence-electron chi connectivity index (χ4n) is 4.94. The van der Waals surface area contributed by atoms with Gasteiger partial charge in [-0.15, -0.1) is 0 Å². The maximum atomic E-state index is 13.1. The van der Waals surface area contributed by atoms with Crippen LogP contribution in [-0.2, 0) is 19.2 Å². The minimum Gasteiger partial charge on any atom is -0.289 e. The van der Waals surface area contributed by atoms with Crippen molar-refractivity contribution in [3.05, 3.63) is 57.5 Å². The molecule has 3 aliphatic rings. The highest BCUT2D eigenvalue weighted by Gasteiger charge is 2.46. The van der Waals surface area contributed by atoms with E-state index >= 15 is 0 Å². The Morgan fingerprint density at radius 1 is 0.618 bits per heavy atom. The summed E-state index contributed by atoms with van der Waals surface area (Å²) in [6.07, 6.45) is 0.283. The number of rotatable bonds is 4. The van der Waals surface area contributed by atoms with E-state index < -0.39 is 12.1 Å². The van der Waals surface area contributed by atoms with Gasteiger partial charge in [0.15, 0.2) is 0 Å². The van der Waals surface area contributed by atoms with E-state index in [-0.39, 0.29) is 36.5 Å².